The number of hydrogen-bond acceptors (Lipinski definition) is 4. The third kappa shape index (κ3) is 5.10. The highest BCUT2D eigenvalue weighted by Crippen LogP contribution is 2.13. The zero-order valence-corrected chi connectivity index (χ0v) is 12.1. The molecule has 2 heterocycles. The van der Waals surface area contributed by atoms with Crippen LogP contribution in [-0.2, 0) is 16.0 Å². The lowest BCUT2D eigenvalue weighted by molar-refractivity contribution is 0.0166. The summed E-state index contributed by atoms with van der Waals surface area (Å²) in [6, 6.07) is 3.87. The van der Waals surface area contributed by atoms with Gasteiger partial charge in [0.1, 0.15) is 5.76 Å². The van der Waals surface area contributed by atoms with Crippen LogP contribution in [0.25, 0.3) is 0 Å². The van der Waals surface area contributed by atoms with Crippen molar-refractivity contribution in [2.45, 2.75) is 31.9 Å². The molecule has 1 unspecified atom stereocenters. The largest absolute Gasteiger partial charge is 0.453 e. The minimum Gasteiger partial charge on any atom is -0.453 e. The number of halogens is 1. The topological polar surface area (TPSA) is 43.6 Å². The highest BCUT2D eigenvalue weighted by atomic mass is 79.9. The zero-order chi connectivity index (χ0) is 12.6. The van der Waals surface area contributed by atoms with Crippen molar-refractivity contribution in [3.8, 4) is 0 Å². The first-order valence-electron chi connectivity index (χ1n) is 6.49. The van der Waals surface area contributed by atoms with Crippen molar-refractivity contribution in [3.63, 3.8) is 0 Å². The molecule has 102 valence electrons. The highest BCUT2D eigenvalue weighted by Gasteiger charge is 2.14. The van der Waals surface area contributed by atoms with Gasteiger partial charge in [-0.25, -0.2) is 0 Å². The van der Waals surface area contributed by atoms with Crippen molar-refractivity contribution in [1.82, 2.24) is 5.32 Å². The predicted molar refractivity (Wildman–Crippen MR) is 72.5 cm³/mol. The fraction of sp³-hybridized carbons (Fsp3) is 0.692. The summed E-state index contributed by atoms with van der Waals surface area (Å²) in [4.78, 5) is 0. The Labute approximate surface area is 116 Å². The van der Waals surface area contributed by atoms with Gasteiger partial charge >= 0.3 is 0 Å². The Bertz CT molecular complexity index is 337. The molecule has 1 fully saturated rings. The van der Waals surface area contributed by atoms with Crippen LogP contribution < -0.4 is 5.32 Å². The van der Waals surface area contributed by atoms with Crippen LogP contribution in [0.5, 0.6) is 0 Å². The van der Waals surface area contributed by atoms with E-state index >= 15 is 0 Å². The van der Waals surface area contributed by atoms with E-state index in [0.29, 0.717) is 6.10 Å². The van der Waals surface area contributed by atoms with E-state index in [-0.39, 0.29) is 0 Å². The minimum atomic E-state index is 0.332. The molecule has 1 aromatic heterocycles. The Morgan fingerprint density at radius 2 is 2.39 bits per heavy atom. The van der Waals surface area contributed by atoms with E-state index in [2.05, 4.69) is 21.2 Å². The molecular weight excluding hydrogens is 298 g/mol. The minimum absolute atomic E-state index is 0.332. The van der Waals surface area contributed by atoms with Crippen LogP contribution >= 0.6 is 15.9 Å². The molecule has 5 heteroatoms. The molecule has 0 spiro atoms. The van der Waals surface area contributed by atoms with Gasteiger partial charge in [0.05, 0.1) is 19.3 Å². The molecular formula is C13H20BrNO3. The lowest BCUT2D eigenvalue weighted by Gasteiger charge is -2.10. The lowest BCUT2D eigenvalue weighted by atomic mass is 10.2. The SMILES string of the molecule is Brc1ccc(CNCCCOCC2CCCO2)o1. The van der Waals surface area contributed by atoms with Crippen molar-refractivity contribution in [2.24, 2.45) is 0 Å². The molecule has 1 aliphatic heterocycles. The molecule has 0 amide bonds. The number of ether oxygens (including phenoxy) is 2. The molecule has 0 bridgehead atoms. The second kappa shape index (κ2) is 7.94. The van der Waals surface area contributed by atoms with Crippen molar-refractivity contribution < 1.29 is 13.9 Å². The first-order valence-corrected chi connectivity index (χ1v) is 7.28. The predicted octanol–water partition coefficient (Wildman–Crippen LogP) is 2.72. The van der Waals surface area contributed by atoms with Gasteiger partial charge in [0.2, 0.25) is 0 Å². The van der Waals surface area contributed by atoms with E-state index in [1.807, 2.05) is 12.1 Å². The number of hydrogen-bond donors (Lipinski definition) is 1. The van der Waals surface area contributed by atoms with E-state index in [4.69, 9.17) is 13.9 Å². The number of rotatable bonds is 8. The Hall–Kier alpha value is -0.360. The smallest absolute Gasteiger partial charge is 0.169 e. The molecule has 1 aliphatic rings. The van der Waals surface area contributed by atoms with E-state index in [1.54, 1.807) is 0 Å². The maximum absolute atomic E-state index is 5.58. The third-order valence-corrected chi connectivity index (χ3v) is 3.32. The summed E-state index contributed by atoms with van der Waals surface area (Å²) in [6.45, 7) is 4.12. The zero-order valence-electron chi connectivity index (χ0n) is 10.5. The molecule has 1 N–H and O–H groups in total. The first kappa shape index (κ1) is 14.1. The summed E-state index contributed by atoms with van der Waals surface area (Å²) in [7, 11) is 0. The summed E-state index contributed by atoms with van der Waals surface area (Å²) < 4.78 is 17.2. The van der Waals surface area contributed by atoms with Crippen molar-refractivity contribution in [2.75, 3.05) is 26.4 Å². The maximum Gasteiger partial charge on any atom is 0.169 e. The third-order valence-electron chi connectivity index (χ3n) is 2.90. The number of furan rings is 1. The van der Waals surface area contributed by atoms with Crippen LogP contribution in [0.3, 0.4) is 0 Å². The summed E-state index contributed by atoms with van der Waals surface area (Å²) in [5.74, 6) is 0.946. The Kier molecular flexibility index (Phi) is 6.20. The standard InChI is InChI=1S/C13H20BrNO3/c14-13-5-4-11(18-13)9-15-6-2-7-16-10-12-3-1-8-17-12/h4-5,12,15H,1-3,6-10H2. The molecule has 0 saturated carbocycles. The molecule has 1 aromatic rings. The average molecular weight is 318 g/mol. The van der Waals surface area contributed by atoms with E-state index < -0.39 is 0 Å². The Morgan fingerprint density at radius 3 is 3.11 bits per heavy atom. The second-order valence-electron chi connectivity index (χ2n) is 4.45. The average Bonchev–Trinajstić information content (AvgIpc) is 3.00. The fourth-order valence-corrected chi connectivity index (χ4v) is 2.29. The molecule has 18 heavy (non-hydrogen) atoms. The van der Waals surface area contributed by atoms with E-state index in [0.717, 1.165) is 56.2 Å². The van der Waals surface area contributed by atoms with Crippen LogP contribution in [0.1, 0.15) is 25.0 Å². The van der Waals surface area contributed by atoms with Crippen molar-refractivity contribution in [3.05, 3.63) is 22.6 Å². The molecule has 1 atom stereocenters. The van der Waals surface area contributed by atoms with Crippen LogP contribution in [0.4, 0.5) is 0 Å². The van der Waals surface area contributed by atoms with Crippen molar-refractivity contribution in [1.29, 1.82) is 0 Å². The Morgan fingerprint density at radius 1 is 1.44 bits per heavy atom. The van der Waals surface area contributed by atoms with Gasteiger partial charge in [0, 0.05) is 13.2 Å². The van der Waals surface area contributed by atoms with Gasteiger partial charge in [0.15, 0.2) is 4.67 Å². The molecule has 2 rings (SSSR count). The molecule has 4 nitrogen and oxygen atoms in total. The van der Waals surface area contributed by atoms with Crippen LogP contribution in [0.2, 0.25) is 0 Å². The lowest BCUT2D eigenvalue weighted by Crippen LogP contribution is -2.18. The monoisotopic (exact) mass is 317 g/mol. The van der Waals surface area contributed by atoms with Gasteiger partial charge in [-0.15, -0.1) is 0 Å². The normalized spacial score (nSPS) is 19.5. The second-order valence-corrected chi connectivity index (χ2v) is 5.23. The first-order chi connectivity index (χ1) is 8.84. The fourth-order valence-electron chi connectivity index (χ4n) is 1.95. The summed E-state index contributed by atoms with van der Waals surface area (Å²) in [5, 5.41) is 3.32. The maximum atomic E-state index is 5.58. The van der Waals surface area contributed by atoms with Crippen molar-refractivity contribution >= 4 is 15.9 Å². The quantitative estimate of drug-likeness (QED) is 0.749. The van der Waals surface area contributed by atoms with E-state index in [9.17, 15) is 0 Å². The van der Waals surface area contributed by atoms with Crippen LogP contribution in [0.15, 0.2) is 21.2 Å². The molecule has 1 saturated heterocycles. The van der Waals surface area contributed by atoms with E-state index in [1.165, 1.54) is 6.42 Å². The molecule has 0 radical (unpaired) electrons. The molecule has 0 aromatic carbocycles. The van der Waals surface area contributed by atoms with Gasteiger partial charge in [-0.1, -0.05) is 0 Å². The molecule has 0 aliphatic carbocycles. The van der Waals surface area contributed by atoms with Gasteiger partial charge in [-0.2, -0.15) is 0 Å². The summed E-state index contributed by atoms with van der Waals surface area (Å²) >= 11 is 3.28. The van der Waals surface area contributed by atoms with Crippen LogP contribution in [-0.4, -0.2) is 32.5 Å². The summed E-state index contributed by atoms with van der Waals surface area (Å²) in [6.07, 6.45) is 3.66. The van der Waals surface area contributed by atoms with Gasteiger partial charge in [-0.3, -0.25) is 0 Å². The number of nitrogens with one attached hydrogen (secondary N) is 1. The van der Waals surface area contributed by atoms with Gasteiger partial charge in [0.25, 0.3) is 0 Å². The summed E-state index contributed by atoms with van der Waals surface area (Å²) in [5.41, 5.74) is 0. The van der Waals surface area contributed by atoms with Crippen LogP contribution in [0, 0.1) is 0 Å². The highest BCUT2D eigenvalue weighted by molar-refractivity contribution is 9.10. The Balaban J connectivity index is 1.41. The van der Waals surface area contributed by atoms with Gasteiger partial charge < -0.3 is 19.2 Å². The van der Waals surface area contributed by atoms with Gasteiger partial charge in [-0.05, 0) is 53.9 Å².